The lowest BCUT2D eigenvalue weighted by Crippen LogP contribution is -2.22. The van der Waals surface area contributed by atoms with E-state index in [1.807, 2.05) is 0 Å². The number of esters is 2. The fourth-order valence-electron chi connectivity index (χ4n) is 2.17. The molecule has 0 aromatic heterocycles. The maximum atomic E-state index is 12.2. The molecular weight excluding hydrogens is 376 g/mol. The zero-order valence-corrected chi connectivity index (χ0v) is 15.3. The third kappa shape index (κ3) is 4.89. The van der Waals surface area contributed by atoms with Gasteiger partial charge in [-0.15, -0.1) is 0 Å². The first-order chi connectivity index (χ1) is 12.9. The Morgan fingerprint density at radius 2 is 1.78 bits per heavy atom. The van der Waals surface area contributed by atoms with Gasteiger partial charge in [-0.25, -0.2) is 9.59 Å². The molecule has 0 aliphatic rings. The van der Waals surface area contributed by atoms with Gasteiger partial charge >= 0.3 is 11.9 Å². The summed E-state index contributed by atoms with van der Waals surface area (Å²) in [5, 5.41) is 2.64. The zero-order valence-electron chi connectivity index (χ0n) is 14.6. The molecule has 0 spiro atoms. The number of hydrogen-bond acceptors (Lipinski definition) is 7. The van der Waals surface area contributed by atoms with Gasteiger partial charge in [-0.2, -0.15) is 0 Å². The number of nitrogens with two attached hydrogens (primary N) is 1. The highest BCUT2D eigenvalue weighted by atomic mass is 35.5. The van der Waals surface area contributed by atoms with Crippen molar-refractivity contribution in [2.24, 2.45) is 0 Å². The Morgan fingerprint density at radius 1 is 1.07 bits per heavy atom. The van der Waals surface area contributed by atoms with E-state index in [0.717, 1.165) is 0 Å². The molecule has 8 nitrogen and oxygen atoms in total. The molecule has 1 amide bonds. The molecule has 27 heavy (non-hydrogen) atoms. The molecule has 0 atom stereocenters. The van der Waals surface area contributed by atoms with Crippen molar-refractivity contribution in [1.29, 1.82) is 0 Å². The molecule has 0 aliphatic carbocycles. The molecule has 0 saturated heterocycles. The molecule has 2 rings (SSSR count). The van der Waals surface area contributed by atoms with E-state index in [2.05, 4.69) is 10.1 Å². The van der Waals surface area contributed by atoms with E-state index in [1.165, 1.54) is 38.5 Å². The summed E-state index contributed by atoms with van der Waals surface area (Å²) in [4.78, 5) is 36.0. The molecule has 0 radical (unpaired) electrons. The number of benzene rings is 2. The van der Waals surface area contributed by atoms with Gasteiger partial charge in [-0.1, -0.05) is 23.7 Å². The molecule has 0 unspecified atom stereocenters. The average Bonchev–Trinajstić information content (AvgIpc) is 2.67. The lowest BCUT2D eigenvalue weighted by molar-refractivity contribution is -0.119. The van der Waals surface area contributed by atoms with Gasteiger partial charge in [0, 0.05) is 6.07 Å². The highest BCUT2D eigenvalue weighted by molar-refractivity contribution is 6.33. The Morgan fingerprint density at radius 3 is 2.44 bits per heavy atom. The van der Waals surface area contributed by atoms with Crippen LogP contribution in [0.1, 0.15) is 20.7 Å². The number of anilines is 2. The van der Waals surface area contributed by atoms with Crippen LogP contribution in [0.25, 0.3) is 0 Å². The Kier molecular flexibility index (Phi) is 6.62. The van der Waals surface area contributed by atoms with Crippen molar-refractivity contribution in [1.82, 2.24) is 0 Å². The average molecular weight is 393 g/mol. The summed E-state index contributed by atoms with van der Waals surface area (Å²) in [6.07, 6.45) is 0. The number of nitrogens with one attached hydrogen (secondary N) is 1. The van der Waals surface area contributed by atoms with Gasteiger partial charge in [0.2, 0.25) is 0 Å². The number of nitrogen functional groups attached to an aromatic ring is 1. The summed E-state index contributed by atoms with van der Waals surface area (Å²) >= 11 is 5.91. The molecule has 3 N–H and O–H groups in total. The maximum absolute atomic E-state index is 12.2. The molecule has 2 aromatic carbocycles. The number of methoxy groups -OCH3 is 2. The quantitative estimate of drug-likeness (QED) is 0.573. The van der Waals surface area contributed by atoms with Gasteiger partial charge in [0.25, 0.3) is 5.91 Å². The SMILES string of the molecule is COC(=O)c1ccccc1NC(=O)COC(=O)c1cc(Cl)c(N)cc1OC. The van der Waals surface area contributed by atoms with Gasteiger partial charge in [-0.05, 0) is 18.2 Å². The first kappa shape index (κ1) is 20.1. The molecule has 0 heterocycles. The Hall–Kier alpha value is -3.26. The van der Waals surface area contributed by atoms with Crippen LogP contribution in [0.5, 0.6) is 5.75 Å². The number of hydrogen-bond donors (Lipinski definition) is 2. The fourth-order valence-corrected chi connectivity index (χ4v) is 2.34. The number of carbonyl (C=O) groups excluding carboxylic acids is 3. The predicted molar refractivity (Wildman–Crippen MR) is 99.1 cm³/mol. The predicted octanol–water partition coefficient (Wildman–Crippen LogP) is 2.51. The first-order valence-corrected chi connectivity index (χ1v) is 8.02. The lowest BCUT2D eigenvalue weighted by Gasteiger charge is -2.12. The molecule has 9 heteroatoms. The van der Waals surface area contributed by atoms with Crippen molar-refractivity contribution >= 4 is 40.8 Å². The number of rotatable bonds is 6. The van der Waals surface area contributed by atoms with Crippen molar-refractivity contribution in [3.63, 3.8) is 0 Å². The topological polar surface area (TPSA) is 117 Å². The van der Waals surface area contributed by atoms with Crippen LogP contribution in [-0.2, 0) is 14.3 Å². The monoisotopic (exact) mass is 392 g/mol. The second kappa shape index (κ2) is 8.91. The second-order valence-electron chi connectivity index (χ2n) is 5.24. The van der Waals surface area contributed by atoms with Gasteiger partial charge in [0.15, 0.2) is 6.61 Å². The molecule has 2 aromatic rings. The molecule has 142 valence electrons. The van der Waals surface area contributed by atoms with E-state index in [1.54, 1.807) is 12.1 Å². The fraction of sp³-hybridized carbons (Fsp3) is 0.167. The largest absolute Gasteiger partial charge is 0.496 e. The van der Waals surface area contributed by atoms with Crippen molar-refractivity contribution in [3.8, 4) is 5.75 Å². The van der Waals surface area contributed by atoms with E-state index in [4.69, 9.17) is 26.8 Å². The van der Waals surface area contributed by atoms with Gasteiger partial charge in [0.05, 0.1) is 36.2 Å². The number of ether oxygens (including phenoxy) is 3. The molecular formula is C18H17ClN2O6. The summed E-state index contributed by atoms with van der Waals surface area (Å²) < 4.78 is 14.7. The minimum Gasteiger partial charge on any atom is -0.496 e. The van der Waals surface area contributed by atoms with Gasteiger partial charge in [0.1, 0.15) is 11.3 Å². The van der Waals surface area contributed by atoms with E-state index >= 15 is 0 Å². The standard InChI is InChI=1S/C18H17ClN2O6/c1-25-15-8-13(20)12(19)7-11(15)18(24)27-9-16(22)21-14-6-4-3-5-10(14)17(23)26-2/h3-8H,9,20H2,1-2H3,(H,21,22). The molecule has 0 fully saturated rings. The zero-order chi connectivity index (χ0) is 20.0. The number of halogens is 1. The smallest absolute Gasteiger partial charge is 0.342 e. The van der Waals surface area contributed by atoms with Crippen LogP contribution in [-0.4, -0.2) is 38.7 Å². The second-order valence-corrected chi connectivity index (χ2v) is 5.64. The first-order valence-electron chi connectivity index (χ1n) is 7.64. The number of carbonyl (C=O) groups is 3. The summed E-state index contributed by atoms with van der Waals surface area (Å²) in [5.74, 6) is -1.90. The normalized spacial score (nSPS) is 10.0. The maximum Gasteiger partial charge on any atom is 0.342 e. The van der Waals surface area contributed by atoms with Crippen molar-refractivity contribution in [2.45, 2.75) is 0 Å². The summed E-state index contributed by atoms with van der Waals surface area (Å²) in [6.45, 7) is -0.584. The molecule has 0 saturated carbocycles. The van der Waals surface area contributed by atoms with Crippen molar-refractivity contribution in [3.05, 3.63) is 52.5 Å². The Balaban J connectivity index is 2.06. The van der Waals surface area contributed by atoms with Crippen LogP contribution >= 0.6 is 11.6 Å². The third-order valence-electron chi connectivity index (χ3n) is 3.48. The van der Waals surface area contributed by atoms with Crippen LogP contribution < -0.4 is 15.8 Å². The minimum atomic E-state index is -0.815. The number of amides is 1. The van der Waals surface area contributed by atoms with Crippen LogP contribution in [0.3, 0.4) is 0 Å². The van der Waals surface area contributed by atoms with Crippen molar-refractivity contribution in [2.75, 3.05) is 31.9 Å². The van der Waals surface area contributed by atoms with Crippen molar-refractivity contribution < 1.29 is 28.6 Å². The van der Waals surface area contributed by atoms with Crippen LogP contribution in [0.4, 0.5) is 11.4 Å². The summed E-state index contributed by atoms with van der Waals surface area (Å²) in [5.41, 5.74) is 6.33. The Bertz CT molecular complexity index is 884. The van der Waals surface area contributed by atoms with E-state index in [9.17, 15) is 14.4 Å². The summed E-state index contributed by atoms with van der Waals surface area (Å²) in [7, 11) is 2.59. The lowest BCUT2D eigenvalue weighted by atomic mass is 10.2. The summed E-state index contributed by atoms with van der Waals surface area (Å²) in [6, 6.07) is 8.95. The highest BCUT2D eigenvalue weighted by Crippen LogP contribution is 2.29. The van der Waals surface area contributed by atoms with Crippen LogP contribution in [0.15, 0.2) is 36.4 Å². The van der Waals surface area contributed by atoms with Crippen LogP contribution in [0, 0.1) is 0 Å². The van der Waals surface area contributed by atoms with E-state index in [0.29, 0.717) is 0 Å². The van der Waals surface area contributed by atoms with Gasteiger partial charge < -0.3 is 25.3 Å². The molecule has 0 aliphatic heterocycles. The molecule has 0 bridgehead atoms. The number of para-hydroxylation sites is 1. The van der Waals surface area contributed by atoms with Gasteiger partial charge in [-0.3, -0.25) is 4.79 Å². The third-order valence-corrected chi connectivity index (χ3v) is 3.81. The Labute approximate surface area is 160 Å². The van der Waals surface area contributed by atoms with E-state index < -0.39 is 24.5 Å². The van der Waals surface area contributed by atoms with E-state index in [-0.39, 0.29) is 33.3 Å². The highest BCUT2D eigenvalue weighted by Gasteiger charge is 2.19. The van der Waals surface area contributed by atoms with Crippen LogP contribution in [0.2, 0.25) is 5.02 Å². The minimum absolute atomic E-state index is 0.0273.